The molecular weight excluding hydrogens is 414 g/mol. The standard InChI is InChI=1S/C19H20BrN3O4/c1-3-27-16-9-8-14(20)10-13(16)12-21-23-19(25)11-18(24)22-15-6-4-5-7-17(15)26-2/h4-10,12H,3,11H2,1-2H3,(H,22,24)(H,23,25). The molecule has 2 N–H and O–H groups in total. The zero-order chi connectivity index (χ0) is 19.6. The molecule has 27 heavy (non-hydrogen) atoms. The molecule has 142 valence electrons. The zero-order valence-corrected chi connectivity index (χ0v) is 16.6. The van der Waals surface area contributed by atoms with Crippen LogP contribution in [0.25, 0.3) is 0 Å². The maximum Gasteiger partial charge on any atom is 0.249 e. The Bertz CT molecular complexity index is 839. The Balaban J connectivity index is 1.91. The minimum Gasteiger partial charge on any atom is -0.495 e. The van der Waals surface area contributed by atoms with Gasteiger partial charge in [-0.1, -0.05) is 28.1 Å². The Kier molecular flexibility index (Phi) is 7.81. The van der Waals surface area contributed by atoms with Crippen LogP contribution in [0.4, 0.5) is 5.69 Å². The van der Waals surface area contributed by atoms with Crippen LogP contribution in [0.5, 0.6) is 11.5 Å². The van der Waals surface area contributed by atoms with Gasteiger partial charge >= 0.3 is 0 Å². The lowest BCUT2D eigenvalue weighted by atomic mass is 10.2. The van der Waals surface area contributed by atoms with Gasteiger partial charge in [0.1, 0.15) is 17.9 Å². The number of hydrogen-bond donors (Lipinski definition) is 2. The normalized spacial score (nSPS) is 10.5. The lowest BCUT2D eigenvalue weighted by Crippen LogP contribution is -2.24. The second-order valence-corrected chi connectivity index (χ2v) is 6.25. The average Bonchev–Trinajstić information content (AvgIpc) is 2.64. The number of carbonyl (C=O) groups excluding carboxylic acids is 2. The van der Waals surface area contributed by atoms with Crippen LogP contribution < -0.4 is 20.2 Å². The second kappa shape index (κ2) is 10.3. The summed E-state index contributed by atoms with van der Waals surface area (Å²) in [7, 11) is 1.50. The summed E-state index contributed by atoms with van der Waals surface area (Å²) in [6.45, 7) is 2.39. The molecule has 0 aliphatic carbocycles. The van der Waals surface area contributed by atoms with Crippen molar-refractivity contribution in [2.24, 2.45) is 5.10 Å². The molecule has 0 aliphatic heterocycles. The van der Waals surface area contributed by atoms with Crippen LogP contribution in [0.15, 0.2) is 52.0 Å². The highest BCUT2D eigenvalue weighted by Gasteiger charge is 2.11. The summed E-state index contributed by atoms with van der Waals surface area (Å²) in [5.41, 5.74) is 3.53. The van der Waals surface area contributed by atoms with Crippen LogP contribution >= 0.6 is 15.9 Å². The van der Waals surface area contributed by atoms with Gasteiger partial charge in [-0.2, -0.15) is 5.10 Å². The summed E-state index contributed by atoms with van der Waals surface area (Å²) < 4.78 is 11.5. The lowest BCUT2D eigenvalue weighted by Gasteiger charge is -2.09. The molecule has 0 heterocycles. The number of carbonyl (C=O) groups is 2. The molecule has 0 aliphatic rings. The molecule has 0 spiro atoms. The van der Waals surface area contributed by atoms with Crippen molar-refractivity contribution in [2.45, 2.75) is 13.3 Å². The largest absolute Gasteiger partial charge is 0.495 e. The smallest absolute Gasteiger partial charge is 0.249 e. The third-order valence-electron chi connectivity index (χ3n) is 3.37. The maximum atomic E-state index is 12.0. The fourth-order valence-electron chi connectivity index (χ4n) is 2.21. The molecule has 0 atom stereocenters. The number of amides is 2. The fourth-order valence-corrected chi connectivity index (χ4v) is 2.59. The van der Waals surface area contributed by atoms with E-state index < -0.39 is 11.8 Å². The number of nitrogens with zero attached hydrogens (tertiary/aromatic N) is 1. The third-order valence-corrected chi connectivity index (χ3v) is 3.86. The van der Waals surface area contributed by atoms with Gasteiger partial charge in [0.2, 0.25) is 11.8 Å². The van der Waals surface area contributed by atoms with Crippen LogP contribution in [-0.2, 0) is 9.59 Å². The number of para-hydroxylation sites is 2. The van der Waals surface area contributed by atoms with Crippen LogP contribution in [0.3, 0.4) is 0 Å². The molecule has 2 aromatic carbocycles. The van der Waals surface area contributed by atoms with Gasteiger partial charge in [0, 0.05) is 10.0 Å². The number of nitrogens with one attached hydrogen (secondary N) is 2. The first-order valence-electron chi connectivity index (χ1n) is 8.20. The fraction of sp³-hybridized carbons (Fsp3) is 0.211. The highest BCUT2D eigenvalue weighted by atomic mass is 79.9. The van der Waals surface area contributed by atoms with Gasteiger partial charge in [-0.05, 0) is 37.3 Å². The summed E-state index contributed by atoms with van der Waals surface area (Å²) >= 11 is 3.38. The van der Waals surface area contributed by atoms with Crippen LogP contribution in [0.2, 0.25) is 0 Å². The van der Waals surface area contributed by atoms with E-state index in [0.29, 0.717) is 29.4 Å². The van der Waals surface area contributed by atoms with E-state index in [1.54, 1.807) is 30.3 Å². The predicted octanol–water partition coefficient (Wildman–Crippen LogP) is 3.34. The van der Waals surface area contributed by atoms with E-state index in [0.717, 1.165) is 4.47 Å². The quantitative estimate of drug-likeness (QED) is 0.379. The van der Waals surface area contributed by atoms with Crippen LogP contribution in [-0.4, -0.2) is 31.7 Å². The number of rotatable bonds is 8. The summed E-state index contributed by atoms with van der Waals surface area (Å²) in [6.07, 6.45) is 1.10. The first kappa shape index (κ1) is 20.4. The van der Waals surface area contributed by atoms with Crippen LogP contribution in [0, 0.1) is 0 Å². The molecule has 0 fully saturated rings. The van der Waals surface area contributed by atoms with E-state index in [2.05, 4.69) is 31.8 Å². The summed E-state index contributed by atoms with van der Waals surface area (Å²) in [6, 6.07) is 12.4. The van der Waals surface area contributed by atoms with Gasteiger partial charge in [-0.3, -0.25) is 9.59 Å². The first-order valence-corrected chi connectivity index (χ1v) is 9.00. The molecule has 2 aromatic rings. The molecule has 0 bridgehead atoms. The molecule has 2 rings (SSSR count). The Hall–Kier alpha value is -2.87. The first-order chi connectivity index (χ1) is 13.0. The third kappa shape index (κ3) is 6.41. The van der Waals surface area contributed by atoms with E-state index in [1.165, 1.54) is 13.3 Å². The van der Waals surface area contributed by atoms with Gasteiger partial charge in [0.15, 0.2) is 0 Å². The molecule has 0 saturated heterocycles. The van der Waals surface area contributed by atoms with Crippen molar-refractivity contribution in [1.29, 1.82) is 0 Å². The van der Waals surface area contributed by atoms with Gasteiger partial charge in [-0.25, -0.2) is 5.43 Å². The van der Waals surface area contributed by atoms with E-state index in [-0.39, 0.29) is 6.42 Å². The zero-order valence-electron chi connectivity index (χ0n) is 15.0. The number of hydrazone groups is 1. The van der Waals surface area contributed by atoms with Gasteiger partial charge in [0.25, 0.3) is 0 Å². The number of hydrogen-bond acceptors (Lipinski definition) is 5. The molecule has 0 radical (unpaired) electrons. The van der Waals surface area contributed by atoms with Crippen molar-refractivity contribution in [2.75, 3.05) is 19.0 Å². The number of anilines is 1. The number of methoxy groups -OCH3 is 1. The maximum absolute atomic E-state index is 12.0. The molecule has 0 aromatic heterocycles. The van der Waals surface area contributed by atoms with E-state index >= 15 is 0 Å². The van der Waals surface area contributed by atoms with Gasteiger partial charge < -0.3 is 14.8 Å². The summed E-state index contributed by atoms with van der Waals surface area (Å²) in [5, 5.41) is 6.52. The van der Waals surface area contributed by atoms with Gasteiger partial charge in [-0.15, -0.1) is 0 Å². The Labute approximate surface area is 165 Å². The minimum absolute atomic E-state index is 0.369. The van der Waals surface area contributed by atoms with E-state index in [4.69, 9.17) is 9.47 Å². The highest BCUT2D eigenvalue weighted by Crippen LogP contribution is 2.23. The van der Waals surface area contributed by atoms with E-state index in [9.17, 15) is 9.59 Å². The van der Waals surface area contributed by atoms with Crippen molar-refractivity contribution < 1.29 is 19.1 Å². The molecule has 2 amide bonds. The Morgan fingerprint density at radius 3 is 2.67 bits per heavy atom. The molecule has 0 unspecified atom stereocenters. The minimum atomic E-state index is -0.536. The molecule has 7 nitrogen and oxygen atoms in total. The van der Waals surface area contributed by atoms with E-state index in [1.807, 2.05) is 19.1 Å². The topological polar surface area (TPSA) is 89.0 Å². The SMILES string of the molecule is CCOc1ccc(Br)cc1C=NNC(=O)CC(=O)Nc1ccccc1OC. The van der Waals surface area contributed by atoms with Crippen LogP contribution in [0.1, 0.15) is 18.9 Å². The van der Waals surface area contributed by atoms with Gasteiger partial charge in [0.05, 0.1) is 25.6 Å². The number of halogens is 1. The number of benzene rings is 2. The summed E-state index contributed by atoms with van der Waals surface area (Å²) in [4.78, 5) is 23.9. The monoisotopic (exact) mass is 433 g/mol. The van der Waals surface area contributed by atoms with Crippen molar-refractivity contribution in [1.82, 2.24) is 5.43 Å². The summed E-state index contributed by atoms with van der Waals surface area (Å²) in [5.74, 6) is 0.159. The van der Waals surface area contributed by atoms with Crippen molar-refractivity contribution in [3.63, 3.8) is 0 Å². The molecular formula is C19H20BrN3O4. The Morgan fingerprint density at radius 1 is 1.15 bits per heavy atom. The second-order valence-electron chi connectivity index (χ2n) is 5.33. The highest BCUT2D eigenvalue weighted by molar-refractivity contribution is 9.10. The van der Waals surface area contributed by atoms with Crippen molar-refractivity contribution in [3.8, 4) is 11.5 Å². The predicted molar refractivity (Wildman–Crippen MR) is 107 cm³/mol. The average molecular weight is 434 g/mol. The molecule has 0 saturated carbocycles. The van der Waals surface area contributed by atoms with Crippen molar-refractivity contribution >= 4 is 39.6 Å². The Morgan fingerprint density at radius 2 is 1.93 bits per heavy atom. The number of ether oxygens (including phenoxy) is 2. The lowest BCUT2D eigenvalue weighted by molar-refractivity contribution is -0.126. The molecule has 8 heteroatoms. The van der Waals surface area contributed by atoms with Crippen molar-refractivity contribution in [3.05, 3.63) is 52.5 Å².